The lowest BCUT2D eigenvalue weighted by molar-refractivity contribution is 0.170. The van der Waals surface area contributed by atoms with Crippen LogP contribution in [0.1, 0.15) is 25.5 Å². The second-order valence-corrected chi connectivity index (χ2v) is 4.82. The van der Waals surface area contributed by atoms with Gasteiger partial charge < -0.3 is 9.72 Å². The number of ether oxygens (including phenoxy) is 1. The van der Waals surface area contributed by atoms with Crippen molar-refractivity contribution in [3.05, 3.63) is 30.0 Å². The van der Waals surface area contributed by atoms with Gasteiger partial charge in [-0.05, 0) is 12.0 Å². The van der Waals surface area contributed by atoms with Crippen molar-refractivity contribution in [1.29, 1.82) is 0 Å². The Labute approximate surface area is 110 Å². The molecule has 1 aromatic carbocycles. The number of carbonyl (C=O) groups excluding carboxylic acids is 1. The number of fused-ring (bicyclic) bond motifs is 3. The van der Waals surface area contributed by atoms with Crippen molar-refractivity contribution >= 4 is 28.0 Å². The number of rotatable bonds is 1. The van der Waals surface area contributed by atoms with Gasteiger partial charge >= 0.3 is 6.09 Å². The molecule has 1 N–H and O–H groups in total. The molecule has 0 amide bonds. The molecule has 0 aliphatic carbocycles. The summed E-state index contributed by atoms with van der Waals surface area (Å²) < 4.78 is 6.14. The standard InChI is InChI=1S/C14H15N3O2/c1-8(2)11-12-13(17(16-11)14(18)19-3)9-6-4-5-7-10(9)15-12/h4-8,15H,1-3H3. The van der Waals surface area contributed by atoms with E-state index in [4.69, 9.17) is 4.74 Å². The van der Waals surface area contributed by atoms with Crippen LogP contribution in [-0.4, -0.2) is 28.0 Å². The van der Waals surface area contributed by atoms with E-state index < -0.39 is 6.09 Å². The summed E-state index contributed by atoms with van der Waals surface area (Å²) in [6.45, 7) is 4.10. The van der Waals surface area contributed by atoms with Crippen molar-refractivity contribution in [3.8, 4) is 0 Å². The van der Waals surface area contributed by atoms with Crippen LogP contribution in [0.2, 0.25) is 0 Å². The first-order valence-electron chi connectivity index (χ1n) is 6.21. The molecule has 2 aromatic heterocycles. The van der Waals surface area contributed by atoms with Crippen LogP contribution in [-0.2, 0) is 4.74 Å². The fourth-order valence-corrected chi connectivity index (χ4v) is 2.36. The zero-order chi connectivity index (χ0) is 13.6. The van der Waals surface area contributed by atoms with Gasteiger partial charge in [-0.2, -0.15) is 9.78 Å². The molecule has 5 nitrogen and oxygen atoms in total. The highest BCUT2D eigenvalue weighted by Crippen LogP contribution is 2.30. The molecule has 0 atom stereocenters. The lowest BCUT2D eigenvalue weighted by Gasteiger charge is -2.01. The Morgan fingerprint density at radius 2 is 2.11 bits per heavy atom. The normalized spacial score (nSPS) is 11.6. The van der Waals surface area contributed by atoms with Gasteiger partial charge in [0.25, 0.3) is 0 Å². The molecule has 98 valence electrons. The van der Waals surface area contributed by atoms with Crippen molar-refractivity contribution in [3.63, 3.8) is 0 Å². The summed E-state index contributed by atoms with van der Waals surface area (Å²) in [6.07, 6.45) is -0.471. The highest BCUT2D eigenvalue weighted by atomic mass is 16.5. The number of benzene rings is 1. The molecule has 2 heterocycles. The summed E-state index contributed by atoms with van der Waals surface area (Å²) >= 11 is 0. The van der Waals surface area contributed by atoms with E-state index in [0.717, 1.165) is 27.6 Å². The fourth-order valence-electron chi connectivity index (χ4n) is 2.36. The van der Waals surface area contributed by atoms with Crippen molar-refractivity contribution in [2.24, 2.45) is 0 Å². The van der Waals surface area contributed by atoms with Crippen molar-refractivity contribution in [1.82, 2.24) is 14.8 Å². The molecule has 5 heteroatoms. The number of hydrogen-bond acceptors (Lipinski definition) is 3. The highest BCUT2D eigenvalue weighted by molar-refractivity contribution is 6.08. The molecule has 19 heavy (non-hydrogen) atoms. The number of H-pyrrole nitrogens is 1. The predicted molar refractivity (Wildman–Crippen MR) is 73.5 cm³/mol. The number of nitrogens with one attached hydrogen (secondary N) is 1. The SMILES string of the molecule is COC(=O)n1nc(C(C)C)c2[nH]c3ccccc3c21. The Bertz CT molecular complexity index is 768. The number of aromatic nitrogens is 3. The number of nitrogens with zero attached hydrogens (tertiary/aromatic N) is 2. The summed E-state index contributed by atoms with van der Waals surface area (Å²) in [5.74, 6) is 0.224. The average Bonchev–Trinajstić information content (AvgIpc) is 2.94. The van der Waals surface area contributed by atoms with E-state index in [-0.39, 0.29) is 5.92 Å². The smallest absolute Gasteiger partial charge is 0.435 e. The summed E-state index contributed by atoms with van der Waals surface area (Å²) in [6, 6.07) is 7.86. The van der Waals surface area contributed by atoms with Crippen LogP contribution in [0.3, 0.4) is 0 Å². The first kappa shape index (κ1) is 11.8. The van der Waals surface area contributed by atoms with Crippen molar-refractivity contribution < 1.29 is 9.53 Å². The van der Waals surface area contributed by atoms with Crippen LogP contribution >= 0.6 is 0 Å². The lowest BCUT2D eigenvalue weighted by atomic mass is 10.1. The van der Waals surface area contributed by atoms with Crippen LogP contribution < -0.4 is 0 Å². The Kier molecular flexibility index (Phi) is 2.55. The third-order valence-electron chi connectivity index (χ3n) is 3.25. The van der Waals surface area contributed by atoms with E-state index in [1.165, 1.54) is 11.8 Å². The van der Waals surface area contributed by atoms with Gasteiger partial charge in [0.05, 0.1) is 18.3 Å². The van der Waals surface area contributed by atoms with Crippen LogP contribution in [0.25, 0.3) is 21.9 Å². The Balaban J connectivity index is 2.45. The maximum atomic E-state index is 11.9. The third kappa shape index (κ3) is 1.62. The highest BCUT2D eigenvalue weighted by Gasteiger charge is 2.21. The molecule has 0 unspecified atom stereocenters. The molecular formula is C14H15N3O2. The van der Waals surface area contributed by atoms with Crippen molar-refractivity contribution in [2.45, 2.75) is 19.8 Å². The van der Waals surface area contributed by atoms with E-state index in [1.807, 2.05) is 24.3 Å². The maximum Gasteiger partial charge on any atom is 0.435 e. The van der Waals surface area contributed by atoms with Gasteiger partial charge in [-0.15, -0.1) is 0 Å². The third-order valence-corrected chi connectivity index (χ3v) is 3.25. The number of hydrogen-bond donors (Lipinski definition) is 1. The lowest BCUT2D eigenvalue weighted by Crippen LogP contribution is -2.13. The zero-order valence-electron chi connectivity index (χ0n) is 11.1. The number of methoxy groups -OCH3 is 1. The molecule has 0 aliphatic heterocycles. The van der Waals surface area contributed by atoms with Gasteiger partial charge in [0.2, 0.25) is 0 Å². The van der Waals surface area contributed by atoms with Gasteiger partial charge in [0.15, 0.2) is 0 Å². The summed E-state index contributed by atoms with van der Waals surface area (Å²) in [7, 11) is 1.36. The fraction of sp³-hybridized carbons (Fsp3) is 0.286. The molecule has 0 saturated heterocycles. The van der Waals surface area contributed by atoms with Gasteiger partial charge in [-0.3, -0.25) is 0 Å². The monoisotopic (exact) mass is 257 g/mol. The van der Waals surface area contributed by atoms with Crippen molar-refractivity contribution in [2.75, 3.05) is 7.11 Å². The first-order chi connectivity index (χ1) is 9.13. The largest absolute Gasteiger partial charge is 0.451 e. The zero-order valence-corrected chi connectivity index (χ0v) is 11.1. The number of para-hydroxylation sites is 1. The van der Waals surface area contributed by atoms with E-state index in [2.05, 4.69) is 23.9 Å². The quantitative estimate of drug-likeness (QED) is 0.728. The van der Waals surface area contributed by atoms with Gasteiger partial charge in [0, 0.05) is 10.9 Å². The Morgan fingerprint density at radius 1 is 1.37 bits per heavy atom. The second kappa shape index (κ2) is 4.12. The molecular weight excluding hydrogens is 242 g/mol. The topological polar surface area (TPSA) is 59.9 Å². The Hall–Kier alpha value is -2.30. The van der Waals surface area contributed by atoms with Gasteiger partial charge in [-0.1, -0.05) is 32.0 Å². The van der Waals surface area contributed by atoms with Gasteiger partial charge in [-0.25, -0.2) is 4.79 Å². The molecule has 3 aromatic rings. The van der Waals surface area contributed by atoms with E-state index >= 15 is 0 Å². The van der Waals surface area contributed by atoms with Crippen LogP contribution in [0.15, 0.2) is 24.3 Å². The van der Waals surface area contributed by atoms with E-state index in [9.17, 15) is 4.79 Å². The minimum absolute atomic E-state index is 0.224. The van der Waals surface area contributed by atoms with E-state index in [1.54, 1.807) is 0 Å². The molecule has 3 rings (SSSR count). The van der Waals surface area contributed by atoms with Gasteiger partial charge in [0.1, 0.15) is 5.52 Å². The first-order valence-corrected chi connectivity index (χ1v) is 6.21. The molecule has 0 spiro atoms. The molecule has 0 saturated carbocycles. The molecule has 0 bridgehead atoms. The summed E-state index contributed by atoms with van der Waals surface area (Å²) in [5.41, 5.74) is 3.55. The molecule has 0 aliphatic rings. The number of aromatic amines is 1. The Morgan fingerprint density at radius 3 is 2.79 bits per heavy atom. The summed E-state index contributed by atoms with van der Waals surface area (Å²) in [4.78, 5) is 15.2. The summed E-state index contributed by atoms with van der Waals surface area (Å²) in [5, 5.41) is 5.35. The average molecular weight is 257 g/mol. The van der Waals surface area contributed by atoms with Crippen LogP contribution in [0, 0.1) is 0 Å². The van der Waals surface area contributed by atoms with E-state index in [0.29, 0.717) is 0 Å². The minimum atomic E-state index is -0.471. The van der Waals surface area contributed by atoms with Crippen LogP contribution in [0.4, 0.5) is 4.79 Å². The minimum Gasteiger partial charge on any atom is -0.451 e. The van der Waals surface area contributed by atoms with Crippen LogP contribution in [0.5, 0.6) is 0 Å². The molecule has 0 radical (unpaired) electrons. The predicted octanol–water partition coefficient (Wildman–Crippen LogP) is 3.26. The second-order valence-electron chi connectivity index (χ2n) is 4.82. The molecule has 0 fully saturated rings. The number of carbonyl (C=O) groups is 1. The maximum absolute atomic E-state index is 11.9.